The van der Waals surface area contributed by atoms with Crippen molar-refractivity contribution in [1.82, 2.24) is 4.98 Å². The molecule has 0 aliphatic heterocycles. The van der Waals surface area contributed by atoms with Crippen LogP contribution in [0, 0.1) is 6.92 Å². The van der Waals surface area contributed by atoms with Crippen LogP contribution in [0.1, 0.15) is 14.1 Å². The Kier molecular flexibility index (Phi) is 3.94. The number of esters is 1. The van der Waals surface area contributed by atoms with E-state index < -0.39 is 5.97 Å². The van der Waals surface area contributed by atoms with Crippen molar-refractivity contribution in [2.24, 2.45) is 0 Å². The Morgan fingerprint density at radius 1 is 1.82 bits per heavy atom. The van der Waals surface area contributed by atoms with Crippen LogP contribution >= 0.6 is 0 Å². The molecule has 0 atom stereocenters. The second-order valence-electron chi connectivity index (χ2n) is 1.83. The van der Waals surface area contributed by atoms with E-state index >= 15 is 0 Å². The summed E-state index contributed by atoms with van der Waals surface area (Å²) in [6, 6.07) is 0. The molecule has 0 saturated carbocycles. The van der Waals surface area contributed by atoms with Crippen molar-refractivity contribution in [2.45, 2.75) is 13.8 Å². The Labute approximate surface area is 77.6 Å². The molecule has 0 aliphatic carbocycles. The zero-order valence-electron chi connectivity index (χ0n) is 7.75. The molecular formula is C6H8LiNO3. The number of hydrogen-bond donors (Lipinski definition) is 0. The molecule has 0 unspecified atom stereocenters. The summed E-state index contributed by atoms with van der Waals surface area (Å²) in [7, 11) is 0. The van der Waals surface area contributed by atoms with Crippen molar-refractivity contribution in [3.8, 4) is 6.08 Å². The Bertz CT molecular complexity index is 251. The first-order chi connectivity index (χ1) is 4.68. The van der Waals surface area contributed by atoms with E-state index in [4.69, 9.17) is 4.42 Å². The van der Waals surface area contributed by atoms with E-state index in [0.717, 1.165) is 0 Å². The number of nitrogens with zero attached hydrogens (tertiary/aromatic N) is 1. The van der Waals surface area contributed by atoms with Gasteiger partial charge in [0.05, 0.1) is 6.20 Å². The molecule has 1 heterocycles. The van der Waals surface area contributed by atoms with Crippen LogP contribution in [0.2, 0.25) is 0 Å². The summed E-state index contributed by atoms with van der Waals surface area (Å²) in [5.41, 5.74) is 0. The first kappa shape index (κ1) is 10.3. The second-order valence-corrected chi connectivity index (χ2v) is 1.83. The van der Waals surface area contributed by atoms with E-state index in [-0.39, 0.29) is 26.4 Å². The Hall–Kier alpha value is -0.723. The monoisotopic (exact) mass is 149 g/mol. The average molecular weight is 149 g/mol. The second kappa shape index (κ2) is 4.22. The van der Waals surface area contributed by atoms with Gasteiger partial charge in [-0.3, -0.25) is 4.79 Å². The predicted octanol–water partition coefficient (Wildman–Crippen LogP) is -1.98. The minimum Gasteiger partial charge on any atom is -1.00 e. The van der Waals surface area contributed by atoms with Gasteiger partial charge in [-0.15, -0.1) is 0 Å². The third-order valence-corrected chi connectivity index (χ3v) is 0.831. The molecule has 0 amide bonds. The van der Waals surface area contributed by atoms with Gasteiger partial charge in [-0.25, -0.2) is 0 Å². The van der Waals surface area contributed by atoms with E-state index in [0.29, 0.717) is 5.76 Å². The maximum absolute atomic E-state index is 10.3. The van der Waals surface area contributed by atoms with Gasteiger partial charge in [-0.2, -0.15) is 4.98 Å². The summed E-state index contributed by atoms with van der Waals surface area (Å²) < 4.78 is 9.36. The predicted molar refractivity (Wildman–Crippen MR) is 33.7 cm³/mol. The minimum absolute atomic E-state index is 0. The van der Waals surface area contributed by atoms with Gasteiger partial charge in [-0.05, 0) is 6.92 Å². The van der Waals surface area contributed by atoms with E-state index in [9.17, 15) is 4.79 Å². The number of aryl methyl sites for hydroxylation is 1. The van der Waals surface area contributed by atoms with Gasteiger partial charge in [-0.1, -0.05) is 0 Å². The van der Waals surface area contributed by atoms with Crippen LogP contribution in [-0.4, -0.2) is 11.0 Å². The molecule has 0 fully saturated rings. The van der Waals surface area contributed by atoms with Crippen LogP contribution in [0.4, 0.5) is 0 Å². The molecule has 5 heteroatoms. The average Bonchev–Trinajstić information content (AvgIpc) is 2.13. The fourth-order valence-corrected chi connectivity index (χ4v) is 0.504. The molecule has 0 aromatic carbocycles. The Morgan fingerprint density at radius 2 is 2.45 bits per heavy atom. The van der Waals surface area contributed by atoms with Gasteiger partial charge in [0, 0.05) is 6.92 Å². The first-order valence-electron chi connectivity index (χ1n) is 2.79. The molecule has 0 bridgehead atoms. The summed E-state index contributed by atoms with van der Waals surface area (Å²) >= 11 is 0. The number of ether oxygens (including phenoxy) is 1. The normalized spacial score (nSPS) is 8.55. The maximum atomic E-state index is 10.3. The molecule has 0 saturated heterocycles. The van der Waals surface area contributed by atoms with Gasteiger partial charge in [0.15, 0.2) is 0 Å². The van der Waals surface area contributed by atoms with Crippen LogP contribution in [-0.2, 0) is 4.79 Å². The topological polar surface area (TPSA) is 52.3 Å². The molecular weight excluding hydrogens is 141 g/mol. The van der Waals surface area contributed by atoms with Crippen LogP contribution in [0.3, 0.4) is 0 Å². The molecule has 0 spiro atoms. The fourth-order valence-electron chi connectivity index (χ4n) is 0.504. The summed E-state index contributed by atoms with van der Waals surface area (Å²) in [5.74, 6) is 0.193. The van der Waals surface area contributed by atoms with Crippen molar-refractivity contribution < 1.29 is 34.2 Å². The van der Waals surface area contributed by atoms with E-state index in [1.54, 1.807) is 6.92 Å². The standard InChI is InChI=1S/C6H7NO3.Li.H/c1-4-3-7-6(9-4)10-5(2)8;;/h3H,1-2H3;;/q;+1;-1. The molecule has 11 heavy (non-hydrogen) atoms. The SMILES string of the molecule is CC(=O)Oc1ncc(C)o1.[H-].[Li+]. The number of carbonyl (C=O) groups is 1. The Morgan fingerprint density at radius 3 is 2.82 bits per heavy atom. The summed E-state index contributed by atoms with van der Waals surface area (Å²) in [6.45, 7) is 3.01. The molecule has 1 rings (SSSR count). The van der Waals surface area contributed by atoms with E-state index in [1.165, 1.54) is 13.1 Å². The molecule has 0 aliphatic rings. The van der Waals surface area contributed by atoms with Crippen molar-refractivity contribution in [2.75, 3.05) is 0 Å². The number of aromatic nitrogens is 1. The molecule has 0 radical (unpaired) electrons. The summed E-state index contributed by atoms with van der Waals surface area (Å²) in [6.07, 6.45) is 1.49. The van der Waals surface area contributed by atoms with Crippen molar-refractivity contribution in [3.63, 3.8) is 0 Å². The van der Waals surface area contributed by atoms with Crippen molar-refractivity contribution >= 4 is 5.97 Å². The van der Waals surface area contributed by atoms with Crippen LogP contribution in [0.5, 0.6) is 6.08 Å². The molecule has 1 aromatic heterocycles. The zero-order valence-corrected chi connectivity index (χ0v) is 6.75. The molecule has 56 valence electrons. The quantitative estimate of drug-likeness (QED) is 0.343. The number of hydrogen-bond acceptors (Lipinski definition) is 4. The molecule has 4 nitrogen and oxygen atoms in total. The third kappa shape index (κ3) is 3.26. The molecule has 1 aromatic rings. The third-order valence-electron chi connectivity index (χ3n) is 0.831. The number of oxazole rings is 1. The van der Waals surface area contributed by atoms with Gasteiger partial charge < -0.3 is 10.6 Å². The van der Waals surface area contributed by atoms with Crippen molar-refractivity contribution in [3.05, 3.63) is 12.0 Å². The van der Waals surface area contributed by atoms with E-state index in [2.05, 4.69) is 9.72 Å². The molecule has 0 N–H and O–H groups in total. The number of rotatable bonds is 1. The van der Waals surface area contributed by atoms with Gasteiger partial charge in [0.25, 0.3) is 0 Å². The number of carbonyl (C=O) groups excluding carboxylic acids is 1. The maximum Gasteiger partial charge on any atom is 1.00 e. The van der Waals surface area contributed by atoms with E-state index in [1.807, 2.05) is 0 Å². The smallest absolute Gasteiger partial charge is 1.00 e. The van der Waals surface area contributed by atoms with Gasteiger partial charge >= 0.3 is 30.9 Å². The minimum atomic E-state index is -0.429. The first-order valence-corrected chi connectivity index (χ1v) is 2.79. The zero-order chi connectivity index (χ0) is 7.56. The largest absolute Gasteiger partial charge is 1.00 e. The Balaban J connectivity index is 0. The summed E-state index contributed by atoms with van der Waals surface area (Å²) in [4.78, 5) is 13.9. The van der Waals surface area contributed by atoms with Crippen molar-refractivity contribution in [1.29, 1.82) is 0 Å². The van der Waals surface area contributed by atoms with Crippen LogP contribution in [0.25, 0.3) is 0 Å². The summed E-state index contributed by atoms with van der Waals surface area (Å²) in [5, 5.41) is 0. The van der Waals surface area contributed by atoms with Crippen LogP contribution < -0.4 is 23.6 Å². The fraction of sp³-hybridized carbons (Fsp3) is 0.333. The van der Waals surface area contributed by atoms with Gasteiger partial charge in [0.1, 0.15) is 5.76 Å². The van der Waals surface area contributed by atoms with Crippen LogP contribution in [0.15, 0.2) is 10.6 Å². The van der Waals surface area contributed by atoms with Gasteiger partial charge in [0.2, 0.25) is 0 Å².